The summed E-state index contributed by atoms with van der Waals surface area (Å²) in [6, 6.07) is 3.49. The highest BCUT2D eigenvalue weighted by Crippen LogP contribution is 2.35. The zero-order chi connectivity index (χ0) is 21.5. The Labute approximate surface area is 181 Å². The highest BCUT2D eigenvalue weighted by Gasteiger charge is 2.44. The summed E-state index contributed by atoms with van der Waals surface area (Å²) >= 11 is 5.92. The molecule has 0 radical (unpaired) electrons. The summed E-state index contributed by atoms with van der Waals surface area (Å²) in [5.74, 6) is 1.10. The van der Waals surface area contributed by atoms with Crippen molar-refractivity contribution in [2.75, 3.05) is 24.6 Å². The van der Waals surface area contributed by atoms with E-state index in [0.29, 0.717) is 22.8 Å². The molecule has 0 aliphatic carbocycles. The van der Waals surface area contributed by atoms with Crippen LogP contribution in [0, 0.1) is 0 Å². The summed E-state index contributed by atoms with van der Waals surface area (Å²) < 4.78 is 7.17. The first-order valence-electron chi connectivity index (χ1n) is 9.87. The number of hydrogen-bond donors (Lipinski definition) is 4. The second-order valence-corrected chi connectivity index (χ2v) is 7.87. The normalized spacial score (nSPS) is 28.5. The van der Waals surface area contributed by atoms with E-state index in [2.05, 4.69) is 30.5 Å². The van der Waals surface area contributed by atoms with Crippen LogP contribution < -0.4 is 10.2 Å². The summed E-state index contributed by atoms with van der Waals surface area (Å²) in [5, 5.41) is 41.7. The minimum absolute atomic E-state index is 0.0626. The standard InChI is InChI=1S/C18H21ClN8O4/c19-11-1-2-12(25-24-11)27(9-3-4-20-5-9)17-13-16(21-7-22-17)26(8-23-13)18-15(30)14(29)10(6-28)31-18/h1-2,7-10,14-15,18,20,28-30H,3-6H2/t9?,10-,14+,15+,18-/m1/s1. The van der Waals surface area contributed by atoms with Crippen molar-refractivity contribution >= 4 is 34.4 Å². The lowest BCUT2D eigenvalue weighted by Gasteiger charge is -2.28. The second-order valence-electron chi connectivity index (χ2n) is 7.48. The zero-order valence-corrected chi connectivity index (χ0v) is 17.0. The molecule has 12 nitrogen and oxygen atoms in total. The molecule has 5 atom stereocenters. The summed E-state index contributed by atoms with van der Waals surface area (Å²) in [6.45, 7) is 1.16. The lowest BCUT2D eigenvalue weighted by atomic mass is 10.1. The van der Waals surface area contributed by atoms with Crippen LogP contribution in [-0.2, 0) is 4.74 Å². The average Bonchev–Trinajstić information content (AvgIpc) is 3.51. The highest BCUT2D eigenvalue weighted by atomic mass is 35.5. The number of aliphatic hydroxyl groups is 3. The van der Waals surface area contributed by atoms with Gasteiger partial charge in [-0.25, -0.2) is 15.0 Å². The number of hydrogen-bond acceptors (Lipinski definition) is 11. The molecule has 5 heterocycles. The molecule has 13 heteroatoms. The third-order valence-electron chi connectivity index (χ3n) is 5.62. The third-order valence-corrected chi connectivity index (χ3v) is 5.82. The van der Waals surface area contributed by atoms with E-state index in [1.165, 1.54) is 17.2 Å². The lowest BCUT2D eigenvalue weighted by Crippen LogP contribution is -2.34. The molecule has 2 saturated heterocycles. The maximum Gasteiger partial charge on any atom is 0.167 e. The minimum atomic E-state index is -1.25. The van der Waals surface area contributed by atoms with Gasteiger partial charge in [0.25, 0.3) is 0 Å². The number of aliphatic hydroxyl groups excluding tert-OH is 3. The minimum Gasteiger partial charge on any atom is -0.394 e. The van der Waals surface area contributed by atoms with Crippen LogP contribution in [0.3, 0.4) is 0 Å². The van der Waals surface area contributed by atoms with Gasteiger partial charge in [-0.1, -0.05) is 11.6 Å². The van der Waals surface area contributed by atoms with Crippen molar-refractivity contribution in [3.05, 3.63) is 29.9 Å². The molecule has 0 amide bonds. The van der Waals surface area contributed by atoms with Crippen molar-refractivity contribution in [1.82, 2.24) is 35.0 Å². The quantitative estimate of drug-likeness (QED) is 0.394. The number of aromatic nitrogens is 6. The molecule has 4 N–H and O–H groups in total. The summed E-state index contributed by atoms with van der Waals surface area (Å²) in [7, 11) is 0. The fourth-order valence-corrected chi connectivity index (χ4v) is 4.18. The van der Waals surface area contributed by atoms with Gasteiger partial charge in [-0.2, -0.15) is 0 Å². The summed E-state index contributed by atoms with van der Waals surface area (Å²) in [6.07, 6.45) is -0.575. The van der Waals surface area contributed by atoms with Crippen molar-refractivity contribution < 1.29 is 20.1 Å². The van der Waals surface area contributed by atoms with E-state index in [9.17, 15) is 15.3 Å². The number of nitrogens with one attached hydrogen (secondary N) is 1. The van der Waals surface area contributed by atoms with Crippen molar-refractivity contribution in [1.29, 1.82) is 0 Å². The summed E-state index contributed by atoms with van der Waals surface area (Å²) in [5.41, 5.74) is 0.890. The Hall–Kier alpha value is -2.48. The van der Waals surface area contributed by atoms with Crippen LogP contribution in [0.5, 0.6) is 0 Å². The van der Waals surface area contributed by atoms with E-state index >= 15 is 0 Å². The predicted molar refractivity (Wildman–Crippen MR) is 109 cm³/mol. The molecule has 5 rings (SSSR count). The van der Waals surface area contributed by atoms with Gasteiger partial charge in [-0.15, -0.1) is 10.2 Å². The van der Waals surface area contributed by atoms with Crippen LogP contribution in [0.4, 0.5) is 11.6 Å². The Morgan fingerprint density at radius 1 is 1.19 bits per heavy atom. The number of nitrogens with zero attached hydrogens (tertiary/aromatic N) is 7. The van der Waals surface area contributed by atoms with Crippen LogP contribution in [0.2, 0.25) is 5.15 Å². The van der Waals surface area contributed by atoms with Crippen LogP contribution >= 0.6 is 11.6 Å². The van der Waals surface area contributed by atoms with E-state index in [4.69, 9.17) is 16.3 Å². The molecule has 1 unspecified atom stereocenters. The molecule has 0 aromatic carbocycles. The molecule has 3 aromatic rings. The molecule has 2 aliphatic heterocycles. The van der Waals surface area contributed by atoms with E-state index in [1.54, 1.807) is 12.1 Å². The molecule has 0 saturated carbocycles. The monoisotopic (exact) mass is 448 g/mol. The maximum absolute atomic E-state index is 10.4. The molecule has 31 heavy (non-hydrogen) atoms. The molecular weight excluding hydrogens is 428 g/mol. The average molecular weight is 449 g/mol. The predicted octanol–water partition coefficient (Wildman–Crippen LogP) is -0.619. The number of fused-ring (bicyclic) bond motifs is 1. The molecule has 0 bridgehead atoms. The van der Waals surface area contributed by atoms with Crippen molar-refractivity contribution in [3.8, 4) is 0 Å². The SMILES string of the molecule is OC[C@H]1O[C@@H](n2cnc3c(N(c4ccc(Cl)nn4)C4CCNC4)ncnc32)[C@@H](O)[C@H]1O. The first-order chi connectivity index (χ1) is 15.1. The van der Waals surface area contributed by atoms with E-state index in [-0.39, 0.29) is 11.2 Å². The van der Waals surface area contributed by atoms with Gasteiger partial charge in [-0.3, -0.25) is 4.57 Å². The van der Waals surface area contributed by atoms with Crippen LogP contribution in [0.15, 0.2) is 24.8 Å². The van der Waals surface area contributed by atoms with Gasteiger partial charge in [0, 0.05) is 6.54 Å². The molecule has 164 valence electrons. The second kappa shape index (κ2) is 8.22. The van der Waals surface area contributed by atoms with Gasteiger partial charge in [0.2, 0.25) is 0 Å². The Bertz CT molecular complexity index is 1060. The number of halogens is 1. The molecule has 0 spiro atoms. The molecular formula is C18H21ClN8O4. The van der Waals surface area contributed by atoms with Crippen LogP contribution in [0.25, 0.3) is 11.2 Å². The fourth-order valence-electron chi connectivity index (χ4n) is 4.08. The van der Waals surface area contributed by atoms with Gasteiger partial charge >= 0.3 is 0 Å². The Morgan fingerprint density at radius 3 is 2.74 bits per heavy atom. The van der Waals surface area contributed by atoms with Gasteiger partial charge in [0.15, 0.2) is 34.2 Å². The number of ether oxygens (including phenoxy) is 1. The number of rotatable bonds is 5. The smallest absolute Gasteiger partial charge is 0.167 e. The molecule has 3 aromatic heterocycles. The zero-order valence-electron chi connectivity index (χ0n) is 16.3. The van der Waals surface area contributed by atoms with E-state index in [1.807, 2.05) is 4.90 Å². The van der Waals surface area contributed by atoms with Crippen molar-refractivity contribution in [2.45, 2.75) is 37.0 Å². The first kappa shape index (κ1) is 20.4. The van der Waals surface area contributed by atoms with Gasteiger partial charge in [-0.05, 0) is 25.1 Å². The molecule has 2 aliphatic rings. The fraction of sp³-hybridized carbons (Fsp3) is 0.500. The topological polar surface area (TPSA) is 155 Å². The van der Waals surface area contributed by atoms with E-state index in [0.717, 1.165) is 19.5 Å². The third kappa shape index (κ3) is 3.50. The Kier molecular flexibility index (Phi) is 5.42. The van der Waals surface area contributed by atoms with Crippen LogP contribution in [-0.4, -0.2) is 89.1 Å². The van der Waals surface area contributed by atoms with Gasteiger partial charge in [0.05, 0.1) is 19.0 Å². The van der Waals surface area contributed by atoms with Crippen molar-refractivity contribution in [2.24, 2.45) is 0 Å². The number of anilines is 2. The molecule has 2 fully saturated rings. The van der Waals surface area contributed by atoms with E-state index < -0.39 is 31.1 Å². The Morgan fingerprint density at radius 2 is 2.06 bits per heavy atom. The van der Waals surface area contributed by atoms with Crippen LogP contribution in [0.1, 0.15) is 12.6 Å². The van der Waals surface area contributed by atoms with Crippen molar-refractivity contribution in [3.63, 3.8) is 0 Å². The number of imidazole rings is 1. The largest absolute Gasteiger partial charge is 0.394 e. The highest BCUT2D eigenvalue weighted by molar-refractivity contribution is 6.29. The lowest BCUT2D eigenvalue weighted by molar-refractivity contribution is -0.0511. The maximum atomic E-state index is 10.4. The first-order valence-corrected chi connectivity index (χ1v) is 10.3. The summed E-state index contributed by atoms with van der Waals surface area (Å²) in [4.78, 5) is 15.2. The van der Waals surface area contributed by atoms with Gasteiger partial charge < -0.3 is 30.3 Å². The van der Waals surface area contributed by atoms with Gasteiger partial charge in [0.1, 0.15) is 24.6 Å². The Balaban J connectivity index is 1.59.